The zero-order chi connectivity index (χ0) is 29.0. The molecule has 1 aliphatic rings. The zero-order valence-electron chi connectivity index (χ0n) is 23.8. The van der Waals surface area contributed by atoms with Gasteiger partial charge in [-0.3, -0.25) is 4.79 Å². The second-order valence-electron chi connectivity index (χ2n) is 11.5. The van der Waals surface area contributed by atoms with Crippen molar-refractivity contribution in [2.24, 2.45) is 11.3 Å². The predicted octanol–water partition coefficient (Wildman–Crippen LogP) is 7.42. The van der Waals surface area contributed by atoms with E-state index in [0.29, 0.717) is 18.8 Å². The Balaban J connectivity index is 1.33. The third-order valence-electron chi connectivity index (χ3n) is 8.85. The maximum Gasteiger partial charge on any atom is 0.220 e. The van der Waals surface area contributed by atoms with Crippen molar-refractivity contribution in [2.75, 3.05) is 0 Å². The Hall–Kier alpha value is -4.19. The first kappa shape index (κ1) is 28.3. The van der Waals surface area contributed by atoms with E-state index in [-0.39, 0.29) is 28.9 Å². The summed E-state index contributed by atoms with van der Waals surface area (Å²) < 4.78 is 15.3. The molecule has 3 aromatic carbocycles. The maximum absolute atomic E-state index is 13.5. The predicted molar refractivity (Wildman–Crippen MR) is 160 cm³/mol. The monoisotopic (exact) mass is 551 g/mol. The molecular formula is C35H38FN3O2. The minimum atomic E-state index is -0.268. The lowest BCUT2D eigenvalue weighted by Gasteiger charge is -2.35. The van der Waals surface area contributed by atoms with Crippen molar-refractivity contribution < 1.29 is 14.3 Å². The van der Waals surface area contributed by atoms with Crippen molar-refractivity contribution in [3.8, 4) is 11.4 Å². The Morgan fingerprint density at radius 2 is 1.90 bits per heavy atom. The molecule has 1 fully saturated rings. The second-order valence-corrected chi connectivity index (χ2v) is 11.5. The average Bonchev–Trinajstić information content (AvgIpc) is 3.46. The summed E-state index contributed by atoms with van der Waals surface area (Å²) in [5.74, 6) is 0.261. The topological polar surface area (TPSA) is 67.2 Å². The highest BCUT2D eigenvalue weighted by atomic mass is 19.1. The van der Waals surface area contributed by atoms with Crippen molar-refractivity contribution in [3.05, 3.63) is 125 Å². The Morgan fingerprint density at radius 1 is 1.15 bits per heavy atom. The number of carbonyl (C=O) groups excluding carboxylic acids is 1. The first-order chi connectivity index (χ1) is 19.7. The molecule has 1 aliphatic carbocycles. The van der Waals surface area contributed by atoms with Crippen LogP contribution in [0.5, 0.6) is 5.75 Å². The number of hydrogen-bond donors (Lipinski definition) is 2. The van der Waals surface area contributed by atoms with E-state index < -0.39 is 0 Å². The summed E-state index contributed by atoms with van der Waals surface area (Å²) in [5.41, 5.74) is 6.14. The third-order valence-corrected chi connectivity index (χ3v) is 8.85. The number of aromatic nitrogens is 2. The molecule has 0 saturated heterocycles. The number of hydrogen-bond acceptors (Lipinski definition) is 3. The van der Waals surface area contributed by atoms with Crippen LogP contribution < -0.4 is 5.32 Å². The number of nitrogens with zero attached hydrogens (tertiary/aromatic N) is 2. The molecule has 0 aliphatic heterocycles. The van der Waals surface area contributed by atoms with Crippen LogP contribution in [-0.2, 0) is 17.6 Å². The number of carbonyl (C=O) groups is 1. The van der Waals surface area contributed by atoms with Crippen molar-refractivity contribution in [2.45, 2.75) is 58.4 Å². The molecule has 0 bridgehead atoms. The normalized spacial score (nSPS) is 19.3. The molecule has 5 rings (SSSR count). The minimum absolute atomic E-state index is 0.00265. The van der Waals surface area contributed by atoms with Crippen LogP contribution >= 0.6 is 0 Å². The van der Waals surface area contributed by atoms with Gasteiger partial charge in [0.05, 0.1) is 17.9 Å². The number of rotatable bonds is 10. The van der Waals surface area contributed by atoms with E-state index in [0.717, 1.165) is 53.8 Å². The number of amides is 1. The number of phenolic OH excluding ortho intramolecular Hbond substituents is 1. The number of phenols is 1. The van der Waals surface area contributed by atoms with Crippen LogP contribution in [0.4, 0.5) is 4.39 Å². The quantitative estimate of drug-likeness (QED) is 0.202. The van der Waals surface area contributed by atoms with Crippen LogP contribution in [0.1, 0.15) is 61.0 Å². The highest BCUT2D eigenvalue weighted by Gasteiger charge is 2.43. The van der Waals surface area contributed by atoms with Crippen LogP contribution in [0.3, 0.4) is 0 Å². The molecule has 0 spiro atoms. The van der Waals surface area contributed by atoms with Gasteiger partial charge in [-0.15, -0.1) is 0 Å². The fourth-order valence-corrected chi connectivity index (χ4v) is 6.23. The number of nitrogens with one attached hydrogen (secondary N) is 1. The molecule has 41 heavy (non-hydrogen) atoms. The first-order valence-corrected chi connectivity index (χ1v) is 14.3. The van der Waals surface area contributed by atoms with E-state index in [1.54, 1.807) is 30.3 Å². The van der Waals surface area contributed by atoms with Gasteiger partial charge < -0.3 is 10.4 Å². The third kappa shape index (κ3) is 6.43. The molecule has 1 aromatic heterocycles. The fraction of sp³-hybridized carbons (Fsp3) is 0.314. The van der Waals surface area contributed by atoms with Crippen molar-refractivity contribution in [1.82, 2.24) is 15.1 Å². The van der Waals surface area contributed by atoms with Crippen LogP contribution in [0.15, 0.2) is 97.2 Å². The molecule has 2 N–H and O–H groups in total. The molecule has 1 amide bonds. The van der Waals surface area contributed by atoms with E-state index >= 15 is 0 Å². The summed E-state index contributed by atoms with van der Waals surface area (Å²) in [6.07, 6.45) is 6.42. The molecule has 5 nitrogen and oxygen atoms in total. The summed E-state index contributed by atoms with van der Waals surface area (Å²) in [6, 6.07) is 23.5. The number of benzene rings is 3. The van der Waals surface area contributed by atoms with Gasteiger partial charge in [-0.25, -0.2) is 9.07 Å². The van der Waals surface area contributed by atoms with E-state index in [4.69, 9.17) is 0 Å². The van der Waals surface area contributed by atoms with E-state index in [1.807, 2.05) is 35.1 Å². The zero-order valence-corrected chi connectivity index (χ0v) is 23.8. The second kappa shape index (κ2) is 12.1. The van der Waals surface area contributed by atoms with Crippen LogP contribution in [-0.4, -0.2) is 20.8 Å². The number of halogens is 1. The van der Waals surface area contributed by atoms with Gasteiger partial charge in [-0.2, -0.15) is 5.10 Å². The Bertz CT molecular complexity index is 1510. The lowest BCUT2D eigenvalue weighted by Crippen LogP contribution is -2.34. The lowest BCUT2D eigenvalue weighted by atomic mass is 9.70. The van der Waals surface area contributed by atoms with E-state index in [2.05, 4.69) is 43.0 Å². The van der Waals surface area contributed by atoms with Crippen molar-refractivity contribution in [1.29, 1.82) is 0 Å². The van der Waals surface area contributed by atoms with Gasteiger partial charge in [0, 0.05) is 12.1 Å². The van der Waals surface area contributed by atoms with Gasteiger partial charge in [-0.05, 0) is 103 Å². The number of allylic oxidation sites excluding steroid dienone is 1. The highest BCUT2D eigenvalue weighted by Crippen LogP contribution is 2.52. The summed E-state index contributed by atoms with van der Waals surface area (Å²) in [6.45, 7) is 8.85. The average molecular weight is 552 g/mol. The van der Waals surface area contributed by atoms with Crippen LogP contribution in [0.2, 0.25) is 0 Å². The molecule has 1 unspecified atom stereocenters. The Morgan fingerprint density at radius 3 is 2.63 bits per heavy atom. The van der Waals surface area contributed by atoms with Crippen molar-refractivity contribution in [3.63, 3.8) is 0 Å². The van der Waals surface area contributed by atoms with Gasteiger partial charge in [0.1, 0.15) is 11.6 Å². The molecule has 6 heteroatoms. The fourth-order valence-electron chi connectivity index (χ4n) is 6.23. The molecule has 4 aromatic rings. The van der Waals surface area contributed by atoms with Gasteiger partial charge in [0.15, 0.2) is 0 Å². The molecule has 0 radical (unpaired) electrons. The summed E-state index contributed by atoms with van der Waals surface area (Å²) in [4.78, 5) is 13.2. The first-order valence-electron chi connectivity index (χ1n) is 14.3. The number of aryl methyl sites for hydroxylation is 1. The largest absolute Gasteiger partial charge is 0.508 e. The number of aromatic hydroxyl groups is 1. The maximum atomic E-state index is 13.5. The van der Waals surface area contributed by atoms with Gasteiger partial charge in [0.2, 0.25) is 5.91 Å². The summed E-state index contributed by atoms with van der Waals surface area (Å²) in [5, 5.41) is 17.7. The Labute approximate surface area is 241 Å². The summed E-state index contributed by atoms with van der Waals surface area (Å²) >= 11 is 0. The van der Waals surface area contributed by atoms with Gasteiger partial charge >= 0.3 is 0 Å². The minimum Gasteiger partial charge on any atom is -0.508 e. The highest BCUT2D eigenvalue weighted by molar-refractivity contribution is 5.76. The van der Waals surface area contributed by atoms with Gasteiger partial charge in [0.25, 0.3) is 0 Å². The van der Waals surface area contributed by atoms with E-state index in [1.165, 1.54) is 17.7 Å². The van der Waals surface area contributed by atoms with Gasteiger partial charge in [-0.1, -0.05) is 61.5 Å². The molecule has 3 atom stereocenters. The molecule has 1 saturated carbocycles. The lowest BCUT2D eigenvalue weighted by molar-refractivity contribution is -0.122. The van der Waals surface area contributed by atoms with Crippen LogP contribution in [0.25, 0.3) is 5.69 Å². The molecule has 1 heterocycles. The SMILES string of the molecule is C=C1CC[C@H](CC(NC(=O)CCc2cccc(O)c2)c2ccccc2)[C@@]1(C)Cc1cnn(-c2ccc(F)cc2)c1C. The molecular weight excluding hydrogens is 513 g/mol. The summed E-state index contributed by atoms with van der Waals surface area (Å²) in [7, 11) is 0. The Kier molecular flexibility index (Phi) is 8.39. The van der Waals surface area contributed by atoms with Crippen LogP contribution in [0, 0.1) is 24.1 Å². The molecule has 212 valence electrons. The smallest absolute Gasteiger partial charge is 0.220 e. The van der Waals surface area contributed by atoms with E-state index in [9.17, 15) is 14.3 Å². The van der Waals surface area contributed by atoms with Crippen molar-refractivity contribution >= 4 is 5.91 Å². The standard InChI is InChI=1S/C35H38FN3O2/c1-24-12-14-29(35(24,3)22-28-23-37-39(25(28)2)31-17-15-30(36)16-18-31)21-33(27-9-5-4-6-10-27)38-34(41)19-13-26-8-7-11-32(40)20-26/h4-11,15-18,20,23,29,33,40H,1,12-14,19,21-22H2,2-3H3,(H,38,41)/t29-,33?,35+/m1/s1.